The maximum atomic E-state index is 9.42. The number of nitrogens with one attached hydrogen (secondary N) is 1. The highest BCUT2D eigenvalue weighted by Crippen LogP contribution is 2.29. The zero-order valence-corrected chi connectivity index (χ0v) is 13.4. The Kier molecular flexibility index (Phi) is 5.42. The van der Waals surface area contributed by atoms with E-state index in [9.17, 15) is 5.11 Å². The Morgan fingerprint density at radius 2 is 2.05 bits per heavy atom. The van der Waals surface area contributed by atoms with E-state index in [2.05, 4.69) is 26.3 Å². The highest BCUT2D eigenvalue weighted by Gasteiger charge is 2.24. The largest absolute Gasteiger partial charge is 0.396 e. The van der Waals surface area contributed by atoms with Crippen LogP contribution in [-0.2, 0) is 13.6 Å². The first-order valence-electron chi connectivity index (χ1n) is 7.13. The van der Waals surface area contributed by atoms with Crippen LogP contribution in [0.2, 0.25) is 0 Å². The molecular weight excluding hydrogens is 306 g/mol. The summed E-state index contributed by atoms with van der Waals surface area (Å²) < 4.78 is 3.03. The monoisotopic (exact) mass is 329 g/mol. The summed E-state index contributed by atoms with van der Waals surface area (Å²) in [6.07, 6.45) is 4.99. The maximum absolute atomic E-state index is 9.42. The molecule has 1 aliphatic rings. The number of aryl methyl sites for hydroxylation is 2. The first-order valence-corrected chi connectivity index (χ1v) is 7.92. The first kappa shape index (κ1) is 15.0. The summed E-state index contributed by atoms with van der Waals surface area (Å²) in [5.74, 6) is 1.10. The van der Waals surface area contributed by atoms with E-state index >= 15 is 0 Å². The van der Waals surface area contributed by atoms with Crippen LogP contribution < -0.4 is 5.32 Å². The highest BCUT2D eigenvalue weighted by molar-refractivity contribution is 9.10. The van der Waals surface area contributed by atoms with Gasteiger partial charge in [0.05, 0.1) is 15.9 Å². The van der Waals surface area contributed by atoms with Crippen LogP contribution in [0.3, 0.4) is 0 Å². The molecule has 0 saturated heterocycles. The van der Waals surface area contributed by atoms with E-state index in [1.807, 2.05) is 18.7 Å². The molecule has 1 fully saturated rings. The molecule has 1 heterocycles. The fourth-order valence-electron chi connectivity index (χ4n) is 3.04. The quantitative estimate of drug-likeness (QED) is 0.872. The number of aliphatic hydroxyl groups is 1. The van der Waals surface area contributed by atoms with Gasteiger partial charge in [-0.15, -0.1) is 0 Å². The average Bonchev–Trinajstić information content (AvgIpc) is 2.65. The van der Waals surface area contributed by atoms with Gasteiger partial charge in [0.2, 0.25) is 0 Å². The standard InChI is InChI=1S/C14H24BrN3O/c1-10-14(15)13(18(2)17-10)8-16-7-11-5-3-4-6-12(11)9-19/h11-12,16,19H,3-9H2,1-2H3. The molecule has 1 aliphatic carbocycles. The summed E-state index contributed by atoms with van der Waals surface area (Å²) in [5.41, 5.74) is 2.22. The van der Waals surface area contributed by atoms with E-state index in [1.165, 1.54) is 31.4 Å². The molecule has 1 aromatic heterocycles. The molecule has 2 atom stereocenters. The molecule has 0 radical (unpaired) electrons. The van der Waals surface area contributed by atoms with Crippen molar-refractivity contribution in [1.29, 1.82) is 0 Å². The second-order valence-corrected chi connectivity index (χ2v) is 6.38. The molecule has 0 spiro atoms. The van der Waals surface area contributed by atoms with E-state index in [4.69, 9.17) is 0 Å². The van der Waals surface area contributed by atoms with E-state index < -0.39 is 0 Å². The molecule has 0 aromatic carbocycles. The molecular formula is C14H24BrN3O. The van der Waals surface area contributed by atoms with Crippen LogP contribution in [0.25, 0.3) is 0 Å². The number of nitrogens with zero attached hydrogens (tertiary/aromatic N) is 2. The zero-order chi connectivity index (χ0) is 13.8. The lowest BCUT2D eigenvalue weighted by Crippen LogP contribution is -2.32. The first-order chi connectivity index (χ1) is 9.13. The Labute approximate surface area is 123 Å². The SMILES string of the molecule is Cc1nn(C)c(CNCC2CCCCC2CO)c1Br. The molecule has 5 heteroatoms. The third-order valence-corrected chi connectivity index (χ3v) is 5.29. The van der Waals surface area contributed by atoms with Crippen LogP contribution in [0.15, 0.2) is 4.47 Å². The van der Waals surface area contributed by atoms with Crippen molar-refractivity contribution < 1.29 is 5.11 Å². The van der Waals surface area contributed by atoms with Gasteiger partial charge in [-0.1, -0.05) is 12.8 Å². The molecule has 2 N–H and O–H groups in total. The lowest BCUT2D eigenvalue weighted by atomic mass is 9.79. The van der Waals surface area contributed by atoms with Crippen molar-refractivity contribution in [2.75, 3.05) is 13.2 Å². The summed E-state index contributed by atoms with van der Waals surface area (Å²) >= 11 is 3.59. The number of hydrogen-bond donors (Lipinski definition) is 2. The van der Waals surface area contributed by atoms with Crippen molar-refractivity contribution in [2.45, 2.75) is 39.2 Å². The van der Waals surface area contributed by atoms with E-state index in [1.54, 1.807) is 0 Å². The van der Waals surface area contributed by atoms with Crippen LogP contribution in [0, 0.1) is 18.8 Å². The number of halogens is 1. The Balaban J connectivity index is 1.85. The minimum Gasteiger partial charge on any atom is -0.396 e. The van der Waals surface area contributed by atoms with Gasteiger partial charge in [0.1, 0.15) is 0 Å². The molecule has 19 heavy (non-hydrogen) atoms. The van der Waals surface area contributed by atoms with Crippen LogP contribution in [-0.4, -0.2) is 28.0 Å². The molecule has 1 aromatic rings. The van der Waals surface area contributed by atoms with E-state index in [0.717, 1.165) is 23.3 Å². The molecule has 108 valence electrons. The van der Waals surface area contributed by atoms with Crippen molar-refractivity contribution in [3.8, 4) is 0 Å². The normalized spacial score (nSPS) is 23.8. The summed E-state index contributed by atoms with van der Waals surface area (Å²) in [5, 5.41) is 17.3. The molecule has 0 bridgehead atoms. The van der Waals surface area contributed by atoms with Crippen LogP contribution in [0.5, 0.6) is 0 Å². The predicted octanol–water partition coefficient (Wildman–Crippen LogP) is 2.38. The van der Waals surface area contributed by atoms with Gasteiger partial charge in [-0.05, 0) is 54.1 Å². The van der Waals surface area contributed by atoms with Gasteiger partial charge in [-0.3, -0.25) is 4.68 Å². The maximum Gasteiger partial charge on any atom is 0.0739 e. The smallest absolute Gasteiger partial charge is 0.0739 e. The third kappa shape index (κ3) is 3.58. The highest BCUT2D eigenvalue weighted by atomic mass is 79.9. The molecule has 2 unspecified atom stereocenters. The van der Waals surface area contributed by atoms with Gasteiger partial charge in [-0.25, -0.2) is 0 Å². The molecule has 0 aliphatic heterocycles. The number of aromatic nitrogens is 2. The fourth-order valence-corrected chi connectivity index (χ4v) is 3.52. The summed E-state index contributed by atoms with van der Waals surface area (Å²) in [6.45, 7) is 4.16. The van der Waals surface area contributed by atoms with Crippen molar-refractivity contribution >= 4 is 15.9 Å². The third-order valence-electron chi connectivity index (χ3n) is 4.26. The van der Waals surface area contributed by atoms with Crippen LogP contribution >= 0.6 is 15.9 Å². The fraction of sp³-hybridized carbons (Fsp3) is 0.786. The number of hydrogen-bond acceptors (Lipinski definition) is 3. The molecule has 0 amide bonds. The van der Waals surface area contributed by atoms with Gasteiger partial charge in [-0.2, -0.15) is 5.10 Å². The van der Waals surface area contributed by atoms with Crippen molar-refractivity contribution in [3.63, 3.8) is 0 Å². The molecule has 4 nitrogen and oxygen atoms in total. The average molecular weight is 330 g/mol. The topological polar surface area (TPSA) is 50.1 Å². The second-order valence-electron chi connectivity index (χ2n) is 5.59. The minimum atomic E-state index is 0.334. The van der Waals surface area contributed by atoms with Crippen LogP contribution in [0.4, 0.5) is 0 Å². The van der Waals surface area contributed by atoms with E-state index in [0.29, 0.717) is 18.4 Å². The minimum absolute atomic E-state index is 0.334. The Bertz CT molecular complexity index is 419. The van der Waals surface area contributed by atoms with Gasteiger partial charge in [0.15, 0.2) is 0 Å². The predicted molar refractivity (Wildman–Crippen MR) is 79.9 cm³/mol. The Morgan fingerprint density at radius 3 is 2.63 bits per heavy atom. The molecule has 2 rings (SSSR count). The van der Waals surface area contributed by atoms with Crippen molar-refractivity contribution in [1.82, 2.24) is 15.1 Å². The lowest BCUT2D eigenvalue weighted by molar-refractivity contribution is 0.133. The van der Waals surface area contributed by atoms with Gasteiger partial charge < -0.3 is 10.4 Å². The summed E-state index contributed by atoms with van der Waals surface area (Å²) in [4.78, 5) is 0. The molecule has 1 saturated carbocycles. The zero-order valence-electron chi connectivity index (χ0n) is 11.8. The Morgan fingerprint density at radius 1 is 1.37 bits per heavy atom. The van der Waals surface area contributed by atoms with Crippen molar-refractivity contribution in [2.24, 2.45) is 18.9 Å². The second kappa shape index (κ2) is 6.86. The number of aliphatic hydroxyl groups excluding tert-OH is 1. The number of rotatable bonds is 5. The van der Waals surface area contributed by atoms with Crippen LogP contribution in [0.1, 0.15) is 37.1 Å². The summed E-state index contributed by atoms with van der Waals surface area (Å²) in [7, 11) is 1.98. The van der Waals surface area contributed by atoms with Gasteiger partial charge in [0.25, 0.3) is 0 Å². The Hall–Kier alpha value is -0.390. The van der Waals surface area contributed by atoms with Gasteiger partial charge in [0, 0.05) is 20.2 Å². The lowest BCUT2D eigenvalue weighted by Gasteiger charge is -2.30. The van der Waals surface area contributed by atoms with Gasteiger partial charge >= 0.3 is 0 Å². The summed E-state index contributed by atoms with van der Waals surface area (Å²) in [6, 6.07) is 0. The van der Waals surface area contributed by atoms with Crippen molar-refractivity contribution in [3.05, 3.63) is 15.9 Å². The van der Waals surface area contributed by atoms with E-state index in [-0.39, 0.29) is 0 Å².